The first-order valence-corrected chi connectivity index (χ1v) is 30.4. The number of amides is 1. The highest BCUT2D eigenvalue weighted by molar-refractivity contribution is 5.77. The Kier molecular flexibility index (Phi) is 54.9. The maximum Gasteiger partial charge on any atom is 0.306 e. The maximum absolute atomic E-state index is 13.3. The van der Waals surface area contributed by atoms with Crippen LogP contribution in [0.1, 0.15) is 316 Å². The van der Waals surface area contributed by atoms with Gasteiger partial charge in [0.15, 0.2) is 0 Å². The molecular formula is C63H117NO5. The predicted octanol–water partition coefficient (Wildman–Crippen LogP) is 19.0. The van der Waals surface area contributed by atoms with E-state index in [9.17, 15) is 19.8 Å². The molecule has 0 spiro atoms. The number of carbonyl (C=O) groups excluding carboxylic acids is 2. The molecule has 1 amide bonds. The van der Waals surface area contributed by atoms with E-state index >= 15 is 0 Å². The van der Waals surface area contributed by atoms with E-state index in [1.54, 1.807) is 0 Å². The molecule has 0 saturated carbocycles. The number of hydrogen-bond acceptors (Lipinski definition) is 5. The molecule has 0 rings (SSSR count). The Bertz CT molecular complexity index is 1180. The summed E-state index contributed by atoms with van der Waals surface area (Å²) in [7, 11) is 0. The summed E-state index contributed by atoms with van der Waals surface area (Å²) in [6, 6.07) is -0.708. The summed E-state index contributed by atoms with van der Waals surface area (Å²) in [6.07, 6.45) is 70.3. The van der Waals surface area contributed by atoms with Crippen LogP contribution in [0.2, 0.25) is 0 Å². The summed E-state index contributed by atoms with van der Waals surface area (Å²) in [5.41, 5.74) is 0. The Morgan fingerprint density at radius 2 is 0.739 bits per heavy atom. The van der Waals surface area contributed by atoms with Crippen LogP contribution in [-0.4, -0.2) is 46.9 Å². The molecule has 6 heteroatoms. The number of unbranched alkanes of at least 4 members (excludes halogenated alkanes) is 35. The zero-order chi connectivity index (χ0) is 50.2. The zero-order valence-corrected chi connectivity index (χ0v) is 46.2. The molecule has 6 nitrogen and oxygen atoms in total. The zero-order valence-electron chi connectivity index (χ0n) is 46.2. The molecule has 0 aliphatic heterocycles. The second-order valence-corrected chi connectivity index (χ2v) is 20.8. The molecule has 3 N–H and O–H groups in total. The van der Waals surface area contributed by atoms with Gasteiger partial charge in [-0.1, -0.05) is 281 Å². The summed E-state index contributed by atoms with van der Waals surface area (Å²) >= 11 is 0. The Labute approximate surface area is 429 Å². The molecule has 0 aromatic carbocycles. The normalized spacial score (nSPS) is 13.4. The summed E-state index contributed by atoms with van der Waals surface area (Å²) in [6.45, 7) is 6.49. The van der Waals surface area contributed by atoms with Crippen LogP contribution < -0.4 is 5.32 Å². The van der Waals surface area contributed by atoms with E-state index in [1.165, 1.54) is 199 Å². The Morgan fingerprint density at radius 3 is 1.13 bits per heavy atom. The first-order valence-electron chi connectivity index (χ1n) is 30.4. The van der Waals surface area contributed by atoms with Gasteiger partial charge >= 0.3 is 5.97 Å². The van der Waals surface area contributed by atoms with E-state index in [4.69, 9.17) is 4.74 Å². The van der Waals surface area contributed by atoms with E-state index in [0.717, 1.165) is 70.6 Å². The van der Waals surface area contributed by atoms with Gasteiger partial charge in [0.1, 0.15) is 6.10 Å². The minimum atomic E-state index is -0.793. The third kappa shape index (κ3) is 52.0. The van der Waals surface area contributed by atoms with Gasteiger partial charge in [0.05, 0.1) is 25.2 Å². The third-order valence-electron chi connectivity index (χ3n) is 13.9. The molecule has 0 aliphatic carbocycles. The highest BCUT2D eigenvalue weighted by atomic mass is 16.5. The van der Waals surface area contributed by atoms with Crippen molar-refractivity contribution >= 4 is 11.9 Å². The molecule has 3 atom stereocenters. The lowest BCUT2D eigenvalue weighted by Gasteiger charge is -2.24. The minimum absolute atomic E-state index is 0.0681. The standard InChI is InChI=1S/C63H117NO5/c1-4-7-10-13-16-19-22-25-28-30-31-32-35-38-41-44-47-50-53-56-63(68)69-59(54-51-48-45-42-39-36-33-27-24-21-18-15-12-9-6-3)57-62(67)64-60(58-65)61(66)55-52-49-46-43-40-37-34-29-26-23-20-17-14-11-8-5-2/h16,19,25,28,31-32,38,41,59-61,65-66H,4-15,17-18,20-24,26-27,29-30,33-37,39-40,42-58H2,1-3H3,(H,64,67)/b19-16-,28-25-,32-31-,41-38-. The molecule has 0 fully saturated rings. The van der Waals surface area contributed by atoms with Gasteiger partial charge in [-0.2, -0.15) is 0 Å². The van der Waals surface area contributed by atoms with Crippen molar-refractivity contribution in [2.75, 3.05) is 6.61 Å². The number of allylic oxidation sites excluding steroid dienone is 8. The number of aliphatic hydroxyl groups excluding tert-OH is 2. The van der Waals surface area contributed by atoms with Crippen molar-refractivity contribution in [1.29, 1.82) is 0 Å². The van der Waals surface area contributed by atoms with Crippen LogP contribution >= 0.6 is 0 Å². The van der Waals surface area contributed by atoms with E-state index in [0.29, 0.717) is 19.3 Å². The van der Waals surface area contributed by atoms with Gasteiger partial charge in [0, 0.05) is 6.42 Å². The first kappa shape index (κ1) is 66.8. The number of ether oxygens (including phenoxy) is 1. The lowest BCUT2D eigenvalue weighted by molar-refractivity contribution is -0.151. The van der Waals surface area contributed by atoms with E-state index in [1.807, 2.05) is 0 Å². The lowest BCUT2D eigenvalue weighted by atomic mass is 10.0. The quantitative estimate of drug-likeness (QED) is 0.0321. The number of nitrogens with one attached hydrogen (secondary N) is 1. The van der Waals surface area contributed by atoms with E-state index in [-0.39, 0.29) is 24.9 Å². The van der Waals surface area contributed by atoms with Crippen LogP contribution in [0.15, 0.2) is 48.6 Å². The fourth-order valence-corrected chi connectivity index (χ4v) is 9.30. The maximum atomic E-state index is 13.3. The molecule has 404 valence electrons. The summed E-state index contributed by atoms with van der Waals surface area (Å²) in [5, 5.41) is 23.9. The van der Waals surface area contributed by atoms with Gasteiger partial charge in [-0.3, -0.25) is 9.59 Å². The molecule has 0 aromatic rings. The van der Waals surface area contributed by atoms with Crippen molar-refractivity contribution in [3.8, 4) is 0 Å². The molecular weight excluding hydrogens is 851 g/mol. The van der Waals surface area contributed by atoms with Crippen molar-refractivity contribution in [3.63, 3.8) is 0 Å². The molecule has 0 aliphatic rings. The van der Waals surface area contributed by atoms with Crippen LogP contribution in [0.5, 0.6) is 0 Å². The van der Waals surface area contributed by atoms with E-state index in [2.05, 4.69) is 74.7 Å². The highest BCUT2D eigenvalue weighted by Crippen LogP contribution is 2.19. The number of rotatable bonds is 55. The van der Waals surface area contributed by atoms with Gasteiger partial charge in [-0.05, 0) is 70.6 Å². The second kappa shape index (κ2) is 56.7. The fraction of sp³-hybridized carbons (Fsp3) is 0.841. The van der Waals surface area contributed by atoms with Gasteiger partial charge in [0.2, 0.25) is 5.91 Å². The van der Waals surface area contributed by atoms with Crippen molar-refractivity contribution in [2.45, 2.75) is 334 Å². The topological polar surface area (TPSA) is 95.9 Å². The molecule has 3 unspecified atom stereocenters. The van der Waals surface area contributed by atoms with Crippen LogP contribution in [0.25, 0.3) is 0 Å². The minimum Gasteiger partial charge on any atom is -0.462 e. The predicted molar refractivity (Wildman–Crippen MR) is 301 cm³/mol. The Balaban J connectivity index is 4.57. The highest BCUT2D eigenvalue weighted by Gasteiger charge is 2.24. The molecule has 0 heterocycles. The summed E-state index contributed by atoms with van der Waals surface area (Å²) in [5.74, 6) is -0.494. The third-order valence-corrected chi connectivity index (χ3v) is 13.9. The number of esters is 1. The van der Waals surface area contributed by atoms with E-state index < -0.39 is 18.2 Å². The fourth-order valence-electron chi connectivity index (χ4n) is 9.30. The average molecular weight is 969 g/mol. The van der Waals surface area contributed by atoms with Gasteiger partial charge in [0.25, 0.3) is 0 Å². The number of hydrogen-bond donors (Lipinski definition) is 3. The van der Waals surface area contributed by atoms with Gasteiger partial charge in [-0.15, -0.1) is 0 Å². The molecule has 0 bridgehead atoms. The second-order valence-electron chi connectivity index (χ2n) is 20.8. The van der Waals surface area contributed by atoms with Crippen molar-refractivity contribution in [1.82, 2.24) is 5.32 Å². The monoisotopic (exact) mass is 968 g/mol. The molecule has 0 radical (unpaired) electrons. The smallest absolute Gasteiger partial charge is 0.306 e. The Morgan fingerprint density at radius 1 is 0.420 bits per heavy atom. The van der Waals surface area contributed by atoms with Gasteiger partial charge < -0.3 is 20.3 Å². The summed E-state index contributed by atoms with van der Waals surface area (Å²) in [4.78, 5) is 26.3. The van der Waals surface area contributed by atoms with Crippen LogP contribution in [0.4, 0.5) is 0 Å². The average Bonchev–Trinajstić information content (AvgIpc) is 3.34. The van der Waals surface area contributed by atoms with Crippen LogP contribution in [-0.2, 0) is 14.3 Å². The molecule has 0 aromatic heterocycles. The van der Waals surface area contributed by atoms with Crippen molar-refractivity contribution < 1.29 is 24.5 Å². The van der Waals surface area contributed by atoms with Gasteiger partial charge in [-0.25, -0.2) is 0 Å². The first-order chi connectivity index (χ1) is 34.0. The van der Waals surface area contributed by atoms with Crippen molar-refractivity contribution in [3.05, 3.63) is 48.6 Å². The largest absolute Gasteiger partial charge is 0.462 e. The molecule has 69 heavy (non-hydrogen) atoms. The SMILES string of the molecule is CCCCC/C=C\C/C=C\C/C=C\C/C=C\CCCCCC(=O)OC(CCCCCCCCCCCCCCCCC)CC(=O)NC(CO)C(O)CCCCCCCCCCCCCCCCCC. The van der Waals surface area contributed by atoms with Crippen LogP contribution in [0.3, 0.4) is 0 Å². The molecule has 0 saturated heterocycles. The number of aliphatic hydroxyl groups is 2. The summed E-state index contributed by atoms with van der Waals surface area (Å²) < 4.78 is 5.96. The van der Waals surface area contributed by atoms with Crippen molar-refractivity contribution in [2.24, 2.45) is 0 Å². The Hall–Kier alpha value is -2.18. The lowest BCUT2D eigenvalue weighted by Crippen LogP contribution is -2.46. The number of carbonyl (C=O) groups is 2. The van der Waals surface area contributed by atoms with Crippen LogP contribution in [0, 0.1) is 0 Å².